The summed E-state index contributed by atoms with van der Waals surface area (Å²) in [4.78, 5) is 15.1. The van der Waals surface area contributed by atoms with Gasteiger partial charge in [-0.25, -0.2) is 13.8 Å². The van der Waals surface area contributed by atoms with E-state index in [-0.39, 0.29) is 5.78 Å². The molecule has 84 valence electrons. The van der Waals surface area contributed by atoms with Gasteiger partial charge in [0.2, 0.25) is 0 Å². The second kappa shape index (κ2) is 3.66. The van der Waals surface area contributed by atoms with Crippen molar-refractivity contribution >= 4 is 16.8 Å². The van der Waals surface area contributed by atoms with Gasteiger partial charge in [0, 0.05) is 12.1 Å². The highest BCUT2D eigenvalue weighted by atomic mass is 19.2. The SMILES string of the molecule is CC(=O)C(C)n1cnc2cc(F)c(F)cc21. The third-order valence-electron chi connectivity index (χ3n) is 2.62. The summed E-state index contributed by atoms with van der Waals surface area (Å²) in [6, 6.07) is 1.64. The molecule has 0 saturated heterocycles. The van der Waals surface area contributed by atoms with Crippen molar-refractivity contribution in [3.8, 4) is 0 Å². The van der Waals surface area contributed by atoms with Crippen LogP contribution in [0.15, 0.2) is 18.5 Å². The largest absolute Gasteiger partial charge is 0.320 e. The number of carbonyl (C=O) groups is 1. The lowest BCUT2D eigenvalue weighted by Crippen LogP contribution is -2.12. The highest BCUT2D eigenvalue weighted by Crippen LogP contribution is 2.21. The molecule has 0 saturated carbocycles. The van der Waals surface area contributed by atoms with Crippen molar-refractivity contribution < 1.29 is 13.6 Å². The molecule has 1 aromatic carbocycles. The number of ketones is 1. The molecule has 0 fully saturated rings. The number of nitrogens with zero attached hydrogens (tertiary/aromatic N) is 2. The van der Waals surface area contributed by atoms with E-state index in [1.807, 2.05) is 0 Å². The van der Waals surface area contributed by atoms with Gasteiger partial charge >= 0.3 is 0 Å². The summed E-state index contributed by atoms with van der Waals surface area (Å²) < 4.78 is 27.5. The Labute approximate surface area is 90.7 Å². The van der Waals surface area contributed by atoms with E-state index in [0.29, 0.717) is 11.0 Å². The molecule has 2 rings (SSSR count). The van der Waals surface area contributed by atoms with Crippen molar-refractivity contribution in [2.45, 2.75) is 19.9 Å². The highest BCUT2D eigenvalue weighted by Gasteiger charge is 2.15. The molecule has 1 heterocycles. The number of hydrogen-bond acceptors (Lipinski definition) is 2. The molecule has 0 spiro atoms. The van der Waals surface area contributed by atoms with Crippen molar-refractivity contribution in [3.63, 3.8) is 0 Å². The summed E-state index contributed by atoms with van der Waals surface area (Å²) in [7, 11) is 0. The summed E-state index contributed by atoms with van der Waals surface area (Å²) in [6.07, 6.45) is 1.41. The first-order valence-corrected chi connectivity index (χ1v) is 4.82. The number of Topliss-reactive ketones (excluding diaryl/α,β-unsaturated/α-hetero) is 1. The Morgan fingerprint density at radius 1 is 1.38 bits per heavy atom. The Bertz CT molecular complexity index is 562. The van der Waals surface area contributed by atoms with E-state index in [9.17, 15) is 13.6 Å². The zero-order valence-electron chi connectivity index (χ0n) is 8.87. The maximum absolute atomic E-state index is 13.1. The van der Waals surface area contributed by atoms with Gasteiger partial charge in [-0.05, 0) is 13.8 Å². The number of halogens is 2. The Balaban J connectivity index is 2.65. The van der Waals surface area contributed by atoms with Crippen LogP contribution in [0.2, 0.25) is 0 Å². The van der Waals surface area contributed by atoms with E-state index in [2.05, 4.69) is 4.98 Å². The van der Waals surface area contributed by atoms with Crippen molar-refractivity contribution in [2.24, 2.45) is 0 Å². The lowest BCUT2D eigenvalue weighted by atomic mass is 10.2. The van der Waals surface area contributed by atoms with Gasteiger partial charge in [0.15, 0.2) is 17.4 Å². The topological polar surface area (TPSA) is 34.9 Å². The first-order valence-electron chi connectivity index (χ1n) is 4.82. The van der Waals surface area contributed by atoms with Gasteiger partial charge in [-0.2, -0.15) is 0 Å². The standard InChI is InChI=1S/C11H10F2N2O/c1-6(7(2)16)15-5-14-10-3-8(12)9(13)4-11(10)15/h3-6H,1-2H3. The molecule has 0 aliphatic carbocycles. The monoisotopic (exact) mass is 224 g/mol. The lowest BCUT2D eigenvalue weighted by Gasteiger charge is -2.10. The molecule has 0 bridgehead atoms. The van der Waals surface area contributed by atoms with Crippen LogP contribution in [0, 0.1) is 11.6 Å². The molecule has 1 unspecified atom stereocenters. The quantitative estimate of drug-likeness (QED) is 0.785. The Hall–Kier alpha value is -1.78. The molecule has 0 amide bonds. The van der Waals surface area contributed by atoms with Crippen molar-refractivity contribution in [1.82, 2.24) is 9.55 Å². The Morgan fingerprint density at radius 2 is 2.00 bits per heavy atom. The van der Waals surface area contributed by atoms with Crippen LogP contribution >= 0.6 is 0 Å². The summed E-state index contributed by atoms with van der Waals surface area (Å²) >= 11 is 0. The highest BCUT2D eigenvalue weighted by molar-refractivity contribution is 5.83. The zero-order valence-corrected chi connectivity index (χ0v) is 8.87. The van der Waals surface area contributed by atoms with Gasteiger partial charge in [-0.15, -0.1) is 0 Å². The fourth-order valence-electron chi connectivity index (χ4n) is 1.53. The predicted molar refractivity (Wildman–Crippen MR) is 55.0 cm³/mol. The summed E-state index contributed by atoms with van der Waals surface area (Å²) in [5, 5.41) is 0. The molecule has 0 N–H and O–H groups in total. The van der Waals surface area contributed by atoms with Crippen LogP contribution in [0.4, 0.5) is 8.78 Å². The maximum Gasteiger partial charge on any atom is 0.161 e. The minimum absolute atomic E-state index is 0.0657. The van der Waals surface area contributed by atoms with Crippen LogP contribution in [0.3, 0.4) is 0 Å². The number of aromatic nitrogens is 2. The third-order valence-corrected chi connectivity index (χ3v) is 2.62. The first kappa shape index (κ1) is 10.7. The number of fused-ring (bicyclic) bond motifs is 1. The minimum atomic E-state index is -0.940. The number of hydrogen-bond donors (Lipinski definition) is 0. The molecule has 16 heavy (non-hydrogen) atoms. The molecule has 3 nitrogen and oxygen atoms in total. The second-order valence-electron chi connectivity index (χ2n) is 3.69. The van der Waals surface area contributed by atoms with Crippen LogP contribution in [-0.2, 0) is 4.79 Å². The third kappa shape index (κ3) is 1.58. The van der Waals surface area contributed by atoms with Gasteiger partial charge in [-0.3, -0.25) is 4.79 Å². The van der Waals surface area contributed by atoms with Gasteiger partial charge in [0.1, 0.15) is 0 Å². The van der Waals surface area contributed by atoms with E-state index in [4.69, 9.17) is 0 Å². The molecular formula is C11H10F2N2O. The molecule has 1 aromatic heterocycles. The minimum Gasteiger partial charge on any atom is -0.320 e. The second-order valence-corrected chi connectivity index (χ2v) is 3.69. The van der Waals surface area contributed by atoms with E-state index < -0.39 is 17.7 Å². The Kier molecular flexibility index (Phi) is 2.46. The molecule has 0 aliphatic rings. The van der Waals surface area contributed by atoms with Crippen molar-refractivity contribution in [3.05, 3.63) is 30.1 Å². The summed E-state index contributed by atoms with van der Waals surface area (Å²) in [5.74, 6) is -1.94. The van der Waals surface area contributed by atoms with E-state index in [0.717, 1.165) is 12.1 Å². The predicted octanol–water partition coefficient (Wildman–Crippen LogP) is 2.46. The molecule has 1 atom stereocenters. The van der Waals surface area contributed by atoms with Gasteiger partial charge < -0.3 is 4.57 Å². The lowest BCUT2D eigenvalue weighted by molar-refractivity contribution is -0.119. The van der Waals surface area contributed by atoms with Crippen molar-refractivity contribution in [1.29, 1.82) is 0 Å². The average Bonchev–Trinajstić information content (AvgIpc) is 2.60. The molecule has 5 heteroatoms. The van der Waals surface area contributed by atoms with Gasteiger partial charge in [-0.1, -0.05) is 0 Å². The molecule has 2 aromatic rings. The number of rotatable bonds is 2. The van der Waals surface area contributed by atoms with Crippen LogP contribution in [-0.4, -0.2) is 15.3 Å². The Morgan fingerprint density at radius 3 is 2.62 bits per heavy atom. The van der Waals surface area contributed by atoms with Gasteiger partial charge in [0.25, 0.3) is 0 Å². The number of benzene rings is 1. The van der Waals surface area contributed by atoms with Crippen LogP contribution < -0.4 is 0 Å². The van der Waals surface area contributed by atoms with E-state index >= 15 is 0 Å². The maximum atomic E-state index is 13.1. The van der Waals surface area contributed by atoms with Gasteiger partial charge in [0.05, 0.1) is 23.4 Å². The molecule has 0 aliphatic heterocycles. The van der Waals surface area contributed by atoms with Crippen LogP contribution in [0.1, 0.15) is 19.9 Å². The summed E-state index contributed by atoms with van der Waals surface area (Å²) in [6.45, 7) is 3.13. The number of imidazole rings is 1. The average molecular weight is 224 g/mol. The summed E-state index contributed by atoms with van der Waals surface area (Å²) in [5.41, 5.74) is 0.758. The van der Waals surface area contributed by atoms with Crippen molar-refractivity contribution in [2.75, 3.05) is 0 Å². The fourth-order valence-corrected chi connectivity index (χ4v) is 1.53. The first-order chi connectivity index (χ1) is 7.50. The van der Waals surface area contributed by atoms with Crippen LogP contribution in [0.5, 0.6) is 0 Å². The number of carbonyl (C=O) groups excluding carboxylic acids is 1. The van der Waals surface area contributed by atoms with Crippen LogP contribution in [0.25, 0.3) is 11.0 Å². The molecular weight excluding hydrogens is 214 g/mol. The van der Waals surface area contributed by atoms with E-state index in [1.165, 1.54) is 17.8 Å². The normalized spacial score (nSPS) is 13.0. The van der Waals surface area contributed by atoms with E-state index in [1.54, 1.807) is 6.92 Å². The fraction of sp³-hybridized carbons (Fsp3) is 0.273. The molecule has 0 radical (unpaired) electrons. The smallest absolute Gasteiger partial charge is 0.161 e. The zero-order chi connectivity index (χ0) is 11.9.